The van der Waals surface area contributed by atoms with E-state index in [1.807, 2.05) is 6.92 Å². The molecule has 0 radical (unpaired) electrons. The van der Waals surface area contributed by atoms with Crippen molar-refractivity contribution in [3.8, 4) is 17.2 Å². The van der Waals surface area contributed by atoms with Crippen molar-refractivity contribution < 1.29 is 28.9 Å². The number of carboxylic acids is 1. The van der Waals surface area contributed by atoms with Crippen LogP contribution >= 0.6 is 0 Å². The monoisotopic (exact) mass is 373 g/mol. The van der Waals surface area contributed by atoms with E-state index in [0.717, 1.165) is 0 Å². The van der Waals surface area contributed by atoms with Crippen LogP contribution in [0.5, 0.6) is 17.2 Å². The summed E-state index contributed by atoms with van der Waals surface area (Å²) in [7, 11) is 4.92. The highest BCUT2D eigenvalue weighted by Gasteiger charge is 2.13. The van der Waals surface area contributed by atoms with Gasteiger partial charge in [0.25, 0.3) is 5.91 Å². The Morgan fingerprint density at radius 2 is 1.63 bits per heavy atom. The van der Waals surface area contributed by atoms with Gasteiger partial charge in [0.05, 0.1) is 12.2 Å². The van der Waals surface area contributed by atoms with E-state index in [0.29, 0.717) is 29.4 Å². The van der Waals surface area contributed by atoms with Crippen LogP contribution in [-0.2, 0) is 4.74 Å². The molecule has 2 aromatic carbocycles. The Hall–Kier alpha value is -3.06. The first-order valence-corrected chi connectivity index (χ1v) is 8.33. The number of carbonyl (C=O) groups excluding carboxylic acids is 1. The van der Waals surface area contributed by atoms with Crippen molar-refractivity contribution in [2.45, 2.75) is 13.0 Å². The first-order chi connectivity index (χ1) is 12.8. The van der Waals surface area contributed by atoms with Crippen LogP contribution < -0.4 is 9.47 Å². The number of benzene rings is 2. The van der Waals surface area contributed by atoms with E-state index in [2.05, 4.69) is 0 Å². The molecular weight excluding hydrogens is 350 g/mol. The van der Waals surface area contributed by atoms with E-state index in [1.54, 1.807) is 51.5 Å². The molecular formula is C20H23NO6. The maximum atomic E-state index is 11.9. The highest BCUT2D eigenvalue weighted by molar-refractivity contribution is 5.94. The SMILES string of the molecule is COCC(C)Oc1cc(Oc2ccc(C(=O)N(C)C)cc2)cc(C(=O)O)c1. The molecule has 1 atom stereocenters. The average molecular weight is 373 g/mol. The molecule has 144 valence electrons. The van der Waals surface area contributed by atoms with Gasteiger partial charge in [0.1, 0.15) is 23.4 Å². The number of hydrogen-bond acceptors (Lipinski definition) is 5. The predicted octanol–water partition coefficient (Wildman–Crippen LogP) is 3.29. The standard InChI is InChI=1S/C20H23NO6/c1-13(12-25-4)26-17-9-15(20(23)24)10-18(11-17)27-16-7-5-14(6-8-16)19(22)21(2)3/h5-11,13H,12H2,1-4H3,(H,23,24). The third-order valence-corrected chi connectivity index (χ3v) is 3.61. The van der Waals surface area contributed by atoms with E-state index in [9.17, 15) is 14.7 Å². The number of aromatic carboxylic acids is 1. The van der Waals surface area contributed by atoms with Crippen molar-refractivity contribution in [2.75, 3.05) is 27.8 Å². The van der Waals surface area contributed by atoms with Crippen LogP contribution in [0.25, 0.3) is 0 Å². The lowest BCUT2D eigenvalue weighted by atomic mass is 10.2. The van der Waals surface area contributed by atoms with Gasteiger partial charge in [0, 0.05) is 32.8 Å². The molecule has 7 heteroatoms. The number of carboxylic acid groups (broad SMARTS) is 1. The molecule has 0 saturated heterocycles. The number of rotatable bonds is 8. The second-order valence-electron chi connectivity index (χ2n) is 6.21. The lowest BCUT2D eigenvalue weighted by molar-refractivity contribution is 0.0693. The van der Waals surface area contributed by atoms with Crippen LogP contribution in [0.3, 0.4) is 0 Å². The Kier molecular flexibility index (Phi) is 6.79. The number of hydrogen-bond donors (Lipinski definition) is 1. The Morgan fingerprint density at radius 3 is 2.19 bits per heavy atom. The van der Waals surface area contributed by atoms with E-state index < -0.39 is 5.97 Å². The quantitative estimate of drug-likeness (QED) is 0.764. The van der Waals surface area contributed by atoms with Crippen molar-refractivity contribution in [1.82, 2.24) is 4.90 Å². The van der Waals surface area contributed by atoms with Crippen LogP contribution in [0.15, 0.2) is 42.5 Å². The van der Waals surface area contributed by atoms with E-state index in [4.69, 9.17) is 14.2 Å². The second-order valence-corrected chi connectivity index (χ2v) is 6.21. The Bertz CT molecular complexity index is 801. The highest BCUT2D eigenvalue weighted by Crippen LogP contribution is 2.28. The highest BCUT2D eigenvalue weighted by atomic mass is 16.5. The van der Waals surface area contributed by atoms with Crippen molar-refractivity contribution in [1.29, 1.82) is 0 Å². The van der Waals surface area contributed by atoms with E-state index in [1.165, 1.54) is 17.0 Å². The summed E-state index contributed by atoms with van der Waals surface area (Å²) in [4.78, 5) is 24.8. The molecule has 27 heavy (non-hydrogen) atoms. The fraction of sp³-hybridized carbons (Fsp3) is 0.300. The first kappa shape index (κ1) is 20.3. The summed E-state index contributed by atoms with van der Waals surface area (Å²) in [6, 6.07) is 11.1. The largest absolute Gasteiger partial charge is 0.488 e. The third kappa shape index (κ3) is 5.72. The van der Waals surface area contributed by atoms with Gasteiger partial charge in [-0.3, -0.25) is 4.79 Å². The van der Waals surface area contributed by atoms with Crippen molar-refractivity contribution >= 4 is 11.9 Å². The van der Waals surface area contributed by atoms with Gasteiger partial charge < -0.3 is 24.2 Å². The minimum absolute atomic E-state index is 0.0477. The summed E-state index contributed by atoms with van der Waals surface area (Å²) in [6.45, 7) is 2.19. The molecule has 2 rings (SSSR count). The van der Waals surface area contributed by atoms with Gasteiger partial charge in [-0.25, -0.2) is 4.79 Å². The molecule has 0 heterocycles. The maximum absolute atomic E-state index is 11.9. The minimum Gasteiger partial charge on any atom is -0.488 e. The Labute approximate surface area is 158 Å². The van der Waals surface area contributed by atoms with Crippen LogP contribution in [0.4, 0.5) is 0 Å². The van der Waals surface area contributed by atoms with Crippen LogP contribution in [0.2, 0.25) is 0 Å². The molecule has 1 amide bonds. The second kappa shape index (κ2) is 9.05. The predicted molar refractivity (Wildman–Crippen MR) is 99.9 cm³/mol. The van der Waals surface area contributed by atoms with E-state index in [-0.39, 0.29) is 17.6 Å². The lowest BCUT2D eigenvalue weighted by Gasteiger charge is -2.16. The fourth-order valence-electron chi connectivity index (χ4n) is 2.38. The van der Waals surface area contributed by atoms with Gasteiger partial charge in [0.15, 0.2) is 0 Å². The van der Waals surface area contributed by atoms with Gasteiger partial charge >= 0.3 is 5.97 Å². The van der Waals surface area contributed by atoms with E-state index >= 15 is 0 Å². The number of ether oxygens (including phenoxy) is 3. The smallest absolute Gasteiger partial charge is 0.335 e. The molecule has 0 aliphatic heterocycles. The van der Waals surface area contributed by atoms with Gasteiger partial charge in [-0.1, -0.05) is 0 Å². The molecule has 0 aliphatic carbocycles. The molecule has 0 fully saturated rings. The summed E-state index contributed by atoms with van der Waals surface area (Å²) < 4.78 is 16.5. The fourth-order valence-corrected chi connectivity index (χ4v) is 2.38. The van der Waals surface area contributed by atoms with Gasteiger partial charge in [-0.2, -0.15) is 0 Å². The third-order valence-electron chi connectivity index (χ3n) is 3.61. The zero-order chi connectivity index (χ0) is 20.0. The first-order valence-electron chi connectivity index (χ1n) is 8.33. The lowest BCUT2D eigenvalue weighted by Crippen LogP contribution is -2.21. The topological polar surface area (TPSA) is 85.3 Å². The van der Waals surface area contributed by atoms with Crippen LogP contribution in [0, 0.1) is 0 Å². The summed E-state index contributed by atoms with van der Waals surface area (Å²) in [5.41, 5.74) is 0.579. The normalized spacial score (nSPS) is 11.6. The molecule has 0 bridgehead atoms. The van der Waals surface area contributed by atoms with Crippen molar-refractivity contribution in [3.63, 3.8) is 0 Å². The molecule has 0 aromatic heterocycles. The van der Waals surface area contributed by atoms with Gasteiger partial charge in [-0.05, 0) is 43.3 Å². The van der Waals surface area contributed by atoms with Gasteiger partial charge in [0.2, 0.25) is 0 Å². The van der Waals surface area contributed by atoms with Crippen LogP contribution in [0.1, 0.15) is 27.6 Å². The summed E-state index contributed by atoms with van der Waals surface area (Å²) in [6.07, 6.45) is -0.247. The number of methoxy groups -OCH3 is 1. The average Bonchev–Trinajstić information content (AvgIpc) is 2.61. The zero-order valence-electron chi connectivity index (χ0n) is 15.8. The Balaban J connectivity index is 2.22. The Morgan fingerprint density at radius 1 is 1.00 bits per heavy atom. The molecule has 0 aliphatic rings. The van der Waals surface area contributed by atoms with Gasteiger partial charge in [-0.15, -0.1) is 0 Å². The summed E-state index contributed by atoms with van der Waals surface area (Å²) in [5, 5.41) is 9.31. The number of nitrogens with zero attached hydrogens (tertiary/aromatic N) is 1. The maximum Gasteiger partial charge on any atom is 0.335 e. The molecule has 0 spiro atoms. The number of amides is 1. The molecule has 7 nitrogen and oxygen atoms in total. The molecule has 1 N–H and O–H groups in total. The molecule has 2 aromatic rings. The zero-order valence-corrected chi connectivity index (χ0v) is 15.8. The molecule has 0 saturated carbocycles. The summed E-state index contributed by atoms with van der Waals surface area (Å²) in [5.74, 6) is -0.0346. The van der Waals surface area contributed by atoms with Crippen molar-refractivity contribution in [3.05, 3.63) is 53.6 Å². The molecule has 1 unspecified atom stereocenters. The van der Waals surface area contributed by atoms with Crippen LogP contribution in [-0.4, -0.2) is 55.8 Å². The minimum atomic E-state index is -1.09. The number of carbonyl (C=O) groups is 2. The summed E-state index contributed by atoms with van der Waals surface area (Å²) >= 11 is 0. The van der Waals surface area contributed by atoms with Crippen molar-refractivity contribution in [2.24, 2.45) is 0 Å².